The third-order valence-electron chi connectivity index (χ3n) is 5.44. The van der Waals surface area contributed by atoms with Crippen LogP contribution in [0.5, 0.6) is 0 Å². The second-order valence-corrected chi connectivity index (χ2v) is 7.07. The molecule has 0 unspecified atom stereocenters. The Morgan fingerprint density at radius 1 is 1.18 bits per heavy atom. The fraction of sp³-hybridized carbons (Fsp3) is 0.632. The summed E-state index contributed by atoms with van der Waals surface area (Å²) in [4.78, 5) is 17.0. The van der Waals surface area contributed by atoms with E-state index in [9.17, 15) is 4.79 Å². The molecule has 2 heterocycles. The van der Waals surface area contributed by atoms with Gasteiger partial charge in [-0.2, -0.15) is 0 Å². The second kappa shape index (κ2) is 6.41. The SMILES string of the molecule is CC(=O)N1CCCC[C@H]2[C@@H]1[C@H](c1ccccc1)CN2C(C)C. The summed E-state index contributed by atoms with van der Waals surface area (Å²) < 4.78 is 0. The van der Waals surface area contributed by atoms with Gasteiger partial charge < -0.3 is 4.90 Å². The first-order valence-corrected chi connectivity index (χ1v) is 8.67. The third kappa shape index (κ3) is 2.79. The predicted octanol–water partition coefficient (Wildman–Crippen LogP) is 3.26. The molecule has 3 heteroatoms. The van der Waals surface area contributed by atoms with Crippen LogP contribution < -0.4 is 0 Å². The van der Waals surface area contributed by atoms with Gasteiger partial charge in [-0.25, -0.2) is 0 Å². The Labute approximate surface area is 134 Å². The number of rotatable bonds is 2. The van der Waals surface area contributed by atoms with E-state index in [-0.39, 0.29) is 5.91 Å². The van der Waals surface area contributed by atoms with Gasteiger partial charge >= 0.3 is 0 Å². The number of fused-ring (bicyclic) bond motifs is 1. The van der Waals surface area contributed by atoms with E-state index < -0.39 is 0 Å². The molecule has 2 fully saturated rings. The summed E-state index contributed by atoms with van der Waals surface area (Å²) in [5.74, 6) is 0.680. The highest BCUT2D eigenvalue weighted by molar-refractivity contribution is 5.74. The van der Waals surface area contributed by atoms with Crippen molar-refractivity contribution in [3.05, 3.63) is 35.9 Å². The first-order chi connectivity index (χ1) is 10.6. The van der Waals surface area contributed by atoms with Crippen molar-refractivity contribution >= 4 is 5.91 Å². The van der Waals surface area contributed by atoms with Gasteiger partial charge in [-0.1, -0.05) is 36.8 Å². The molecule has 0 N–H and O–H groups in total. The van der Waals surface area contributed by atoms with Crippen molar-refractivity contribution in [2.45, 2.75) is 64.1 Å². The molecule has 0 aromatic heterocycles. The van der Waals surface area contributed by atoms with Gasteiger partial charge in [0.15, 0.2) is 0 Å². The van der Waals surface area contributed by atoms with Crippen LogP contribution >= 0.6 is 0 Å². The number of likely N-dealkylation sites (tertiary alicyclic amines) is 2. The highest BCUT2D eigenvalue weighted by atomic mass is 16.2. The minimum atomic E-state index is 0.239. The van der Waals surface area contributed by atoms with Gasteiger partial charge in [0.25, 0.3) is 0 Å². The molecule has 0 saturated carbocycles. The van der Waals surface area contributed by atoms with E-state index in [1.165, 1.54) is 18.4 Å². The van der Waals surface area contributed by atoms with Crippen molar-refractivity contribution < 1.29 is 4.79 Å². The van der Waals surface area contributed by atoms with Crippen LogP contribution in [0.15, 0.2) is 30.3 Å². The van der Waals surface area contributed by atoms with E-state index in [1.807, 2.05) is 0 Å². The third-order valence-corrected chi connectivity index (χ3v) is 5.44. The zero-order valence-corrected chi connectivity index (χ0v) is 14.0. The van der Waals surface area contributed by atoms with Gasteiger partial charge in [-0.05, 0) is 32.3 Å². The Bertz CT molecular complexity index is 513. The van der Waals surface area contributed by atoms with E-state index >= 15 is 0 Å². The number of amides is 1. The number of nitrogens with zero attached hydrogens (tertiary/aromatic N) is 2. The van der Waals surface area contributed by atoms with Crippen LogP contribution in [0.4, 0.5) is 0 Å². The molecular weight excluding hydrogens is 272 g/mol. The standard InChI is InChI=1S/C19H28N2O/c1-14(2)21-13-17(16-9-5-4-6-10-16)19-18(21)11-7-8-12-20(19)15(3)22/h4-6,9-10,14,17-19H,7-8,11-13H2,1-3H3/t17-,18-,19-/m0/s1. The number of benzene rings is 1. The Kier molecular flexibility index (Phi) is 4.53. The average Bonchev–Trinajstić information content (AvgIpc) is 2.74. The summed E-state index contributed by atoms with van der Waals surface area (Å²) in [5.41, 5.74) is 1.38. The second-order valence-electron chi connectivity index (χ2n) is 7.07. The molecule has 120 valence electrons. The zero-order chi connectivity index (χ0) is 15.7. The summed E-state index contributed by atoms with van der Waals surface area (Å²) >= 11 is 0. The first-order valence-electron chi connectivity index (χ1n) is 8.67. The molecule has 1 aromatic carbocycles. The number of carbonyl (C=O) groups is 1. The molecule has 22 heavy (non-hydrogen) atoms. The van der Waals surface area contributed by atoms with E-state index in [4.69, 9.17) is 0 Å². The van der Waals surface area contributed by atoms with Crippen molar-refractivity contribution in [3.63, 3.8) is 0 Å². The van der Waals surface area contributed by atoms with Gasteiger partial charge in [-0.3, -0.25) is 9.69 Å². The maximum Gasteiger partial charge on any atom is 0.219 e. The molecule has 3 rings (SSSR count). The summed E-state index contributed by atoms with van der Waals surface area (Å²) in [7, 11) is 0. The van der Waals surface area contributed by atoms with Crippen LogP contribution in [0.3, 0.4) is 0 Å². The van der Waals surface area contributed by atoms with Crippen molar-refractivity contribution in [1.29, 1.82) is 0 Å². The number of hydrogen-bond donors (Lipinski definition) is 0. The van der Waals surface area contributed by atoms with Gasteiger partial charge in [0.05, 0.1) is 6.04 Å². The lowest BCUT2D eigenvalue weighted by Gasteiger charge is -2.35. The molecule has 0 bridgehead atoms. The van der Waals surface area contributed by atoms with Crippen LogP contribution in [-0.4, -0.2) is 46.9 Å². The van der Waals surface area contributed by atoms with Gasteiger partial charge in [0, 0.05) is 38.0 Å². The summed E-state index contributed by atoms with van der Waals surface area (Å²) in [5, 5.41) is 0. The van der Waals surface area contributed by atoms with Crippen molar-refractivity contribution in [1.82, 2.24) is 9.80 Å². The van der Waals surface area contributed by atoms with E-state index in [2.05, 4.69) is 54.0 Å². The normalized spacial score (nSPS) is 29.5. The van der Waals surface area contributed by atoms with Crippen LogP contribution in [0, 0.1) is 0 Å². The molecule has 2 aliphatic rings. The topological polar surface area (TPSA) is 23.6 Å². The average molecular weight is 300 g/mol. The Hall–Kier alpha value is -1.35. The van der Waals surface area contributed by atoms with E-state index in [0.29, 0.717) is 24.0 Å². The molecule has 0 spiro atoms. The molecule has 1 amide bonds. The molecule has 3 nitrogen and oxygen atoms in total. The maximum atomic E-state index is 12.3. The lowest BCUT2D eigenvalue weighted by molar-refractivity contribution is -0.131. The lowest BCUT2D eigenvalue weighted by atomic mass is 9.89. The highest BCUT2D eigenvalue weighted by Crippen LogP contribution is 2.40. The molecule has 2 aliphatic heterocycles. The monoisotopic (exact) mass is 300 g/mol. The smallest absolute Gasteiger partial charge is 0.219 e. The molecule has 3 atom stereocenters. The maximum absolute atomic E-state index is 12.3. The summed E-state index contributed by atoms with van der Waals surface area (Å²) in [6, 6.07) is 12.2. The zero-order valence-electron chi connectivity index (χ0n) is 14.0. The molecule has 0 aliphatic carbocycles. The summed E-state index contributed by atoms with van der Waals surface area (Å²) in [6.07, 6.45) is 3.59. The van der Waals surface area contributed by atoms with Gasteiger partial charge in [0.1, 0.15) is 0 Å². The highest BCUT2D eigenvalue weighted by Gasteiger charge is 2.47. The van der Waals surface area contributed by atoms with Crippen molar-refractivity contribution in [3.8, 4) is 0 Å². The minimum absolute atomic E-state index is 0.239. The van der Waals surface area contributed by atoms with Crippen molar-refractivity contribution in [2.24, 2.45) is 0 Å². The Morgan fingerprint density at radius 2 is 1.91 bits per heavy atom. The van der Waals surface area contributed by atoms with Crippen LogP contribution in [0.1, 0.15) is 51.5 Å². The fourth-order valence-electron chi connectivity index (χ4n) is 4.45. The first kappa shape index (κ1) is 15.5. The van der Waals surface area contributed by atoms with E-state index in [1.54, 1.807) is 6.92 Å². The lowest BCUT2D eigenvalue weighted by Crippen LogP contribution is -2.48. The van der Waals surface area contributed by atoms with E-state index in [0.717, 1.165) is 19.5 Å². The number of carbonyl (C=O) groups excluding carboxylic acids is 1. The molecule has 0 radical (unpaired) electrons. The molecule has 2 saturated heterocycles. The fourth-order valence-corrected chi connectivity index (χ4v) is 4.45. The van der Waals surface area contributed by atoms with Crippen LogP contribution in [0.2, 0.25) is 0 Å². The van der Waals surface area contributed by atoms with Crippen molar-refractivity contribution in [2.75, 3.05) is 13.1 Å². The predicted molar refractivity (Wildman–Crippen MR) is 89.8 cm³/mol. The largest absolute Gasteiger partial charge is 0.338 e. The quantitative estimate of drug-likeness (QED) is 0.837. The Morgan fingerprint density at radius 3 is 2.55 bits per heavy atom. The minimum Gasteiger partial charge on any atom is -0.338 e. The molecule has 1 aromatic rings. The van der Waals surface area contributed by atoms with Gasteiger partial charge in [-0.15, -0.1) is 0 Å². The van der Waals surface area contributed by atoms with Crippen LogP contribution in [0.25, 0.3) is 0 Å². The Balaban J connectivity index is 1.99. The molecular formula is C19H28N2O. The summed E-state index contributed by atoms with van der Waals surface area (Å²) in [6.45, 7) is 8.30. The number of hydrogen-bond acceptors (Lipinski definition) is 2. The van der Waals surface area contributed by atoms with Gasteiger partial charge in [0.2, 0.25) is 5.91 Å². The van der Waals surface area contributed by atoms with Crippen LogP contribution in [-0.2, 0) is 4.79 Å².